The number of nitrogens with one attached hydrogen (secondary N) is 2. The predicted octanol–water partition coefficient (Wildman–Crippen LogP) is 4.04. The van der Waals surface area contributed by atoms with Gasteiger partial charge in [0.25, 0.3) is 0 Å². The Morgan fingerprint density at radius 2 is 2.00 bits per heavy atom. The maximum Gasteiger partial charge on any atom is 0.191 e. The lowest BCUT2D eigenvalue weighted by molar-refractivity contribution is 0.0241. The van der Waals surface area contributed by atoms with Crippen LogP contribution >= 0.6 is 35.3 Å². The number of hydrogen-bond acceptors (Lipinski definition) is 4. The fourth-order valence-electron chi connectivity index (χ4n) is 2.23. The van der Waals surface area contributed by atoms with Crippen LogP contribution in [0, 0.1) is 5.41 Å². The van der Waals surface area contributed by atoms with Gasteiger partial charge in [0.1, 0.15) is 0 Å². The number of methoxy groups -OCH3 is 1. The second-order valence-corrected chi connectivity index (χ2v) is 8.21. The summed E-state index contributed by atoms with van der Waals surface area (Å²) in [5.41, 5.74) is 1.22. The van der Waals surface area contributed by atoms with Gasteiger partial charge in [0.2, 0.25) is 0 Å². The van der Waals surface area contributed by atoms with Crippen molar-refractivity contribution in [1.29, 1.82) is 0 Å². The fraction of sp³-hybridized carbons (Fsp3) is 0.778. The molecule has 25 heavy (non-hydrogen) atoms. The van der Waals surface area contributed by atoms with E-state index in [-0.39, 0.29) is 35.5 Å². The number of nitrogens with zero attached hydrogens (tertiary/aromatic N) is 2. The molecule has 0 amide bonds. The number of thiazole rings is 1. The molecule has 0 saturated heterocycles. The average Bonchev–Trinajstić information content (AvgIpc) is 2.95. The molecule has 2 N–H and O–H groups in total. The lowest BCUT2D eigenvalue weighted by Crippen LogP contribution is -2.40. The van der Waals surface area contributed by atoms with Crippen LogP contribution in [0.5, 0.6) is 0 Å². The number of guanidine groups is 1. The average molecular weight is 482 g/mol. The molecule has 1 rings (SSSR count). The highest BCUT2D eigenvalue weighted by atomic mass is 127. The molecule has 0 aliphatic carbocycles. The topological polar surface area (TPSA) is 58.5 Å². The molecule has 0 aromatic carbocycles. The van der Waals surface area contributed by atoms with Crippen LogP contribution in [0.3, 0.4) is 0 Å². The number of rotatable bonds is 8. The molecule has 0 aliphatic rings. The molecule has 0 bridgehead atoms. The second kappa shape index (κ2) is 12.1. The monoisotopic (exact) mass is 482 g/mol. The Balaban J connectivity index is 0.00000576. The zero-order valence-corrected chi connectivity index (χ0v) is 19.8. The van der Waals surface area contributed by atoms with Crippen LogP contribution in [0.25, 0.3) is 0 Å². The molecule has 0 aliphatic heterocycles. The van der Waals surface area contributed by atoms with Crippen LogP contribution in [0.2, 0.25) is 0 Å². The number of ether oxygens (including phenoxy) is 1. The smallest absolute Gasteiger partial charge is 0.191 e. The van der Waals surface area contributed by atoms with E-state index in [1.54, 1.807) is 18.4 Å². The summed E-state index contributed by atoms with van der Waals surface area (Å²) >= 11 is 1.75. The van der Waals surface area contributed by atoms with Crippen molar-refractivity contribution in [1.82, 2.24) is 15.6 Å². The van der Waals surface area contributed by atoms with E-state index in [2.05, 4.69) is 67.5 Å². The third-order valence-electron chi connectivity index (χ3n) is 3.75. The van der Waals surface area contributed by atoms with Gasteiger partial charge < -0.3 is 15.4 Å². The molecule has 0 spiro atoms. The van der Waals surface area contributed by atoms with Crippen LogP contribution in [0.4, 0.5) is 0 Å². The summed E-state index contributed by atoms with van der Waals surface area (Å²) in [6, 6.07) is 0. The van der Waals surface area contributed by atoms with Crippen LogP contribution in [0.1, 0.15) is 58.2 Å². The first kappa shape index (κ1) is 24.6. The molecular weight excluding hydrogens is 447 g/mol. The molecule has 1 atom stereocenters. The van der Waals surface area contributed by atoms with Gasteiger partial charge in [0.15, 0.2) is 5.96 Å². The van der Waals surface area contributed by atoms with E-state index >= 15 is 0 Å². The summed E-state index contributed by atoms with van der Waals surface area (Å²) in [6.45, 7) is 15.3. The first-order valence-corrected chi connectivity index (χ1v) is 9.65. The largest absolute Gasteiger partial charge is 0.379 e. The highest BCUT2D eigenvalue weighted by Gasteiger charge is 2.24. The zero-order chi connectivity index (χ0) is 18.2. The summed E-state index contributed by atoms with van der Waals surface area (Å²) in [5, 5.41) is 10.0. The van der Waals surface area contributed by atoms with Gasteiger partial charge in [-0.05, 0) is 12.3 Å². The summed E-state index contributed by atoms with van der Waals surface area (Å²) < 4.78 is 5.57. The Morgan fingerprint density at radius 1 is 1.32 bits per heavy atom. The SMILES string of the molecule is CCNC(=NCC(OC)C(C)(C)C)NCCc1csc(C(C)C)n1.I. The maximum absolute atomic E-state index is 5.57. The maximum atomic E-state index is 5.57. The van der Waals surface area contributed by atoms with Crippen molar-refractivity contribution >= 4 is 41.3 Å². The Labute approximate surface area is 174 Å². The summed E-state index contributed by atoms with van der Waals surface area (Å²) in [6.07, 6.45) is 1.00. The quantitative estimate of drug-likeness (QED) is 0.334. The standard InChI is InChI=1S/C18H34N4OS.HI/c1-8-19-17(21-11-15(23-7)18(4,5)6)20-10-9-14-12-24-16(22-14)13(2)3;/h12-13,15H,8-11H2,1-7H3,(H2,19,20,21);1H. The van der Waals surface area contributed by atoms with Crippen molar-refractivity contribution in [2.75, 3.05) is 26.7 Å². The van der Waals surface area contributed by atoms with Crippen LogP contribution in [0.15, 0.2) is 10.4 Å². The van der Waals surface area contributed by atoms with Crippen molar-refractivity contribution in [3.63, 3.8) is 0 Å². The third kappa shape index (κ3) is 9.19. The molecule has 1 aromatic rings. The van der Waals surface area contributed by atoms with E-state index in [1.807, 2.05) is 0 Å². The summed E-state index contributed by atoms with van der Waals surface area (Å²) in [7, 11) is 1.75. The van der Waals surface area contributed by atoms with Crippen molar-refractivity contribution in [2.45, 2.75) is 60.0 Å². The van der Waals surface area contributed by atoms with Gasteiger partial charge in [-0.1, -0.05) is 34.6 Å². The van der Waals surface area contributed by atoms with Crippen LogP contribution < -0.4 is 10.6 Å². The molecule has 1 unspecified atom stereocenters. The minimum absolute atomic E-state index is 0. The third-order valence-corrected chi connectivity index (χ3v) is 4.94. The van der Waals surface area contributed by atoms with E-state index in [4.69, 9.17) is 4.74 Å². The van der Waals surface area contributed by atoms with Gasteiger partial charge in [-0.25, -0.2) is 4.98 Å². The lowest BCUT2D eigenvalue weighted by atomic mass is 9.89. The summed E-state index contributed by atoms with van der Waals surface area (Å²) in [5.74, 6) is 1.34. The van der Waals surface area contributed by atoms with Crippen molar-refractivity contribution in [3.05, 3.63) is 16.1 Å². The number of hydrogen-bond donors (Lipinski definition) is 2. The van der Waals surface area contributed by atoms with Gasteiger partial charge in [0, 0.05) is 37.9 Å². The summed E-state index contributed by atoms with van der Waals surface area (Å²) in [4.78, 5) is 9.34. The highest BCUT2D eigenvalue weighted by Crippen LogP contribution is 2.22. The molecule has 0 fully saturated rings. The van der Waals surface area contributed by atoms with Crippen LogP contribution in [-0.2, 0) is 11.2 Å². The van der Waals surface area contributed by atoms with Gasteiger partial charge in [-0.2, -0.15) is 0 Å². The Hall–Kier alpha value is -0.410. The van der Waals surface area contributed by atoms with Gasteiger partial charge in [0.05, 0.1) is 23.4 Å². The minimum atomic E-state index is 0. The van der Waals surface area contributed by atoms with Gasteiger partial charge in [-0.3, -0.25) is 4.99 Å². The minimum Gasteiger partial charge on any atom is -0.379 e. The van der Waals surface area contributed by atoms with E-state index in [0.717, 1.165) is 31.2 Å². The van der Waals surface area contributed by atoms with Crippen molar-refractivity contribution in [2.24, 2.45) is 10.4 Å². The van der Waals surface area contributed by atoms with Crippen molar-refractivity contribution in [3.8, 4) is 0 Å². The first-order valence-electron chi connectivity index (χ1n) is 8.77. The molecular formula is C18H35IN4OS. The van der Waals surface area contributed by atoms with Crippen molar-refractivity contribution < 1.29 is 4.74 Å². The van der Waals surface area contributed by atoms with Crippen LogP contribution in [-0.4, -0.2) is 43.8 Å². The normalized spacial score (nSPS) is 13.5. The van der Waals surface area contributed by atoms with E-state index in [1.165, 1.54) is 5.01 Å². The van der Waals surface area contributed by atoms with E-state index in [0.29, 0.717) is 12.5 Å². The van der Waals surface area contributed by atoms with Gasteiger partial charge >= 0.3 is 0 Å². The number of halogens is 1. The van der Waals surface area contributed by atoms with E-state index in [9.17, 15) is 0 Å². The molecule has 1 heterocycles. The second-order valence-electron chi connectivity index (χ2n) is 7.32. The van der Waals surface area contributed by atoms with Gasteiger partial charge in [-0.15, -0.1) is 35.3 Å². The first-order chi connectivity index (χ1) is 11.3. The zero-order valence-electron chi connectivity index (χ0n) is 16.7. The highest BCUT2D eigenvalue weighted by molar-refractivity contribution is 14.0. The Bertz CT molecular complexity index is 511. The molecule has 0 saturated carbocycles. The van der Waals surface area contributed by atoms with E-state index < -0.39 is 0 Å². The fourth-order valence-corrected chi connectivity index (χ4v) is 3.10. The molecule has 7 heteroatoms. The Kier molecular flexibility index (Phi) is 11.9. The number of aromatic nitrogens is 1. The lowest BCUT2D eigenvalue weighted by Gasteiger charge is -2.28. The molecule has 1 aromatic heterocycles. The molecule has 0 radical (unpaired) electrons. The molecule has 5 nitrogen and oxygen atoms in total. The number of aliphatic imine (C=N–C) groups is 1. The molecule has 146 valence electrons. The predicted molar refractivity (Wildman–Crippen MR) is 120 cm³/mol. The Morgan fingerprint density at radius 3 is 2.48 bits per heavy atom.